The first-order chi connectivity index (χ1) is 14.7. The number of carbonyl (C=O) groups is 1. The Morgan fingerprint density at radius 3 is 2.67 bits per heavy atom. The zero-order valence-corrected chi connectivity index (χ0v) is 17.8. The molecule has 3 aromatic rings. The molecular formula is C23H26N4O2S. The Morgan fingerprint density at radius 2 is 1.87 bits per heavy atom. The number of H-pyrrole nitrogens is 1. The van der Waals surface area contributed by atoms with Gasteiger partial charge >= 0.3 is 0 Å². The number of aromatic nitrogens is 2. The first-order valence-electron chi connectivity index (χ1n) is 10.8. The van der Waals surface area contributed by atoms with Gasteiger partial charge in [0.2, 0.25) is 5.91 Å². The molecule has 5 rings (SSSR count). The van der Waals surface area contributed by atoms with Crippen molar-refractivity contribution < 1.29 is 4.79 Å². The van der Waals surface area contributed by atoms with E-state index in [1.54, 1.807) is 11.3 Å². The van der Waals surface area contributed by atoms with Crippen LogP contribution in [0.25, 0.3) is 20.7 Å². The van der Waals surface area contributed by atoms with E-state index in [9.17, 15) is 9.59 Å². The van der Waals surface area contributed by atoms with E-state index in [0.717, 1.165) is 67.0 Å². The van der Waals surface area contributed by atoms with Crippen molar-refractivity contribution in [3.8, 4) is 10.4 Å². The number of piperidine rings is 1. The third-order valence-electron chi connectivity index (χ3n) is 6.18. The van der Waals surface area contributed by atoms with Crippen molar-refractivity contribution in [2.24, 2.45) is 0 Å². The Labute approximate surface area is 179 Å². The van der Waals surface area contributed by atoms with Crippen LogP contribution >= 0.6 is 11.3 Å². The van der Waals surface area contributed by atoms with E-state index in [4.69, 9.17) is 4.98 Å². The van der Waals surface area contributed by atoms with Crippen LogP contribution in [0.3, 0.4) is 0 Å². The summed E-state index contributed by atoms with van der Waals surface area (Å²) in [5.74, 6) is 0.896. The van der Waals surface area contributed by atoms with Gasteiger partial charge in [0.15, 0.2) is 0 Å². The minimum atomic E-state index is -0.104. The number of amides is 1. The highest BCUT2D eigenvalue weighted by molar-refractivity contribution is 7.21. The zero-order valence-electron chi connectivity index (χ0n) is 17.0. The van der Waals surface area contributed by atoms with Gasteiger partial charge in [-0.1, -0.05) is 36.8 Å². The minimum absolute atomic E-state index is 0.0962. The second kappa shape index (κ2) is 8.32. The van der Waals surface area contributed by atoms with Crippen LogP contribution in [0.1, 0.15) is 37.9 Å². The van der Waals surface area contributed by atoms with Crippen LogP contribution < -0.4 is 5.56 Å². The largest absolute Gasteiger partial charge is 0.341 e. The van der Waals surface area contributed by atoms with Crippen LogP contribution in [-0.2, 0) is 11.3 Å². The van der Waals surface area contributed by atoms with Crippen LogP contribution in [0, 0.1) is 0 Å². The fourth-order valence-electron chi connectivity index (χ4n) is 4.60. The predicted octanol–water partition coefficient (Wildman–Crippen LogP) is 3.63. The lowest BCUT2D eigenvalue weighted by Gasteiger charge is -2.36. The number of hydrogen-bond donors (Lipinski definition) is 1. The fourth-order valence-corrected chi connectivity index (χ4v) is 5.65. The molecule has 2 saturated heterocycles. The second-order valence-electron chi connectivity index (χ2n) is 8.22. The summed E-state index contributed by atoms with van der Waals surface area (Å²) < 4.78 is 0. The molecule has 4 heterocycles. The van der Waals surface area contributed by atoms with E-state index in [1.807, 2.05) is 41.3 Å². The monoisotopic (exact) mass is 422 g/mol. The number of fused-ring (bicyclic) bond motifs is 1. The standard InChI is InChI=1S/C23H26N4O2S/c28-21-17-14-19(16-8-2-1-3-9-16)30-22(17)25-20(24-21)15-27-13-5-4-10-18(27)23(29)26-11-6-7-12-26/h1-3,8-9,14,18H,4-7,10-13,15H2,(H,24,25,28). The molecule has 2 aromatic heterocycles. The summed E-state index contributed by atoms with van der Waals surface area (Å²) in [6.07, 6.45) is 5.25. The smallest absolute Gasteiger partial charge is 0.259 e. The number of likely N-dealkylation sites (tertiary alicyclic amines) is 2. The van der Waals surface area contributed by atoms with Gasteiger partial charge in [-0.15, -0.1) is 11.3 Å². The van der Waals surface area contributed by atoms with Gasteiger partial charge in [-0.2, -0.15) is 0 Å². The molecule has 30 heavy (non-hydrogen) atoms. The van der Waals surface area contributed by atoms with Crippen LogP contribution in [0.5, 0.6) is 0 Å². The number of carbonyl (C=O) groups excluding carboxylic acids is 1. The summed E-state index contributed by atoms with van der Waals surface area (Å²) in [4.78, 5) is 39.5. The Bertz CT molecular complexity index is 1100. The van der Waals surface area contributed by atoms with Gasteiger partial charge in [-0.25, -0.2) is 4.98 Å². The Balaban J connectivity index is 1.41. The summed E-state index contributed by atoms with van der Waals surface area (Å²) >= 11 is 1.54. The number of nitrogens with one attached hydrogen (secondary N) is 1. The van der Waals surface area contributed by atoms with E-state index >= 15 is 0 Å². The summed E-state index contributed by atoms with van der Waals surface area (Å²) in [5, 5.41) is 0.631. The van der Waals surface area contributed by atoms with Gasteiger partial charge in [0.05, 0.1) is 18.0 Å². The summed E-state index contributed by atoms with van der Waals surface area (Å²) in [7, 11) is 0. The molecular weight excluding hydrogens is 396 g/mol. The molecule has 7 heteroatoms. The average molecular weight is 423 g/mol. The van der Waals surface area contributed by atoms with Crippen molar-refractivity contribution >= 4 is 27.5 Å². The van der Waals surface area contributed by atoms with E-state index in [2.05, 4.69) is 9.88 Å². The highest BCUT2D eigenvalue weighted by atomic mass is 32.1. The van der Waals surface area contributed by atoms with Gasteiger partial charge in [0, 0.05) is 18.0 Å². The minimum Gasteiger partial charge on any atom is -0.341 e. The molecule has 0 spiro atoms. The van der Waals surface area contributed by atoms with Crippen molar-refractivity contribution in [3.05, 3.63) is 52.6 Å². The molecule has 1 unspecified atom stereocenters. The molecule has 1 amide bonds. The van der Waals surface area contributed by atoms with Crippen molar-refractivity contribution in [3.63, 3.8) is 0 Å². The van der Waals surface area contributed by atoms with Crippen molar-refractivity contribution in [2.75, 3.05) is 19.6 Å². The third kappa shape index (κ3) is 3.79. The van der Waals surface area contributed by atoms with Gasteiger partial charge < -0.3 is 9.88 Å². The normalized spacial score (nSPS) is 20.1. The molecule has 1 atom stereocenters. The van der Waals surface area contributed by atoms with E-state index in [0.29, 0.717) is 17.8 Å². The molecule has 2 aliphatic heterocycles. The average Bonchev–Trinajstić information content (AvgIpc) is 3.45. The molecule has 156 valence electrons. The molecule has 0 bridgehead atoms. The van der Waals surface area contributed by atoms with Crippen molar-refractivity contribution in [2.45, 2.75) is 44.7 Å². The summed E-state index contributed by atoms with van der Waals surface area (Å²) in [6, 6.07) is 11.9. The number of rotatable bonds is 4. The second-order valence-corrected chi connectivity index (χ2v) is 9.25. The Hall–Kier alpha value is -2.51. The number of hydrogen-bond acceptors (Lipinski definition) is 5. The lowest BCUT2D eigenvalue weighted by Crippen LogP contribution is -2.50. The predicted molar refractivity (Wildman–Crippen MR) is 120 cm³/mol. The molecule has 1 N–H and O–H groups in total. The Kier molecular flexibility index (Phi) is 5.39. The molecule has 6 nitrogen and oxygen atoms in total. The molecule has 0 saturated carbocycles. The fraction of sp³-hybridized carbons (Fsp3) is 0.435. The Morgan fingerprint density at radius 1 is 1.10 bits per heavy atom. The molecule has 0 aliphatic carbocycles. The maximum atomic E-state index is 13.0. The number of nitrogens with zero attached hydrogens (tertiary/aromatic N) is 3. The SMILES string of the molecule is O=C(C1CCCCN1Cc1nc2sc(-c3ccccc3)cc2c(=O)[nH]1)N1CCCC1. The van der Waals surface area contributed by atoms with Gasteiger partial charge in [-0.05, 0) is 43.9 Å². The van der Waals surface area contributed by atoms with Crippen LogP contribution in [0.15, 0.2) is 41.2 Å². The van der Waals surface area contributed by atoms with Gasteiger partial charge in [-0.3, -0.25) is 14.5 Å². The molecule has 0 radical (unpaired) electrons. The maximum Gasteiger partial charge on any atom is 0.259 e. The topological polar surface area (TPSA) is 69.3 Å². The van der Waals surface area contributed by atoms with E-state index in [1.165, 1.54) is 0 Å². The highest BCUT2D eigenvalue weighted by Crippen LogP contribution is 2.31. The number of benzene rings is 1. The van der Waals surface area contributed by atoms with Crippen LogP contribution in [0.4, 0.5) is 0 Å². The lowest BCUT2D eigenvalue weighted by molar-refractivity contribution is -0.137. The van der Waals surface area contributed by atoms with Crippen LogP contribution in [0.2, 0.25) is 0 Å². The number of aromatic amines is 1. The third-order valence-corrected chi connectivity index (χ3v) is 7.26. The molecule has 1 aromatic carbocycles. The highest BCUT2D eigenvalue weighted by Gasteiger charge is 2.33. The zero-order chi connectivity index (χ0) is 20.5. The maximum absolute atomic E-state index is 13.0. The van der Waals surface area contributed by atoms with Gasteiger partial charge in [0.25, 0.3) is 5.56 Å². The van der Waals surface area contributed by atoms with Crippen LogP contribution in [-0.4, -0.2) is 51.4 Å². The molecule has 2 fully saturated rings. The first-order valence-corrected chi connectivity index (χ1v) is 11.6. The van der Waals surface area contributed by atoms with Crippen molar-refractivity contribution in [1.82, 2.24) is 19.8 Å². The van der Waals surface area contributed by atoms with Crippen molar-refractivity contribution in [1.29, 1.82) is 0 Å². The summed E-state index contributed by atoms with van der Waals surface area (Å²) in [5.41, 5.74) is 0.988. The first kappa shape index (κ1) is 19.5. The van der Waals surface area contributed by atoms with E-state index in [-0.39, 0.29) is 17.5 Å². The van der Waals surface area contributed by atoms with Gasteiger partial charge in [0.1, 0.15) is 10.7 Å². The lowest BCUT2D eigenvalue weighted by atomic mass is 10.0. The quantitative estimate of drug-likeness (QED) is 0.697. The number of thiophene rings is 1. The molecule has 2 aliphatic rings. The summed E-state index contributed by atoms with van der Waals surface area (Å²) in [6.45, 7) is 3.13. The van der Waals surface area contributed by atoms with E-state index < -0.39 is 0 Å².